The first-order valence-electron chi connectivity index (χ1n) is 8.32. The van der Waals surface area contributed by atoms with E-state index in [2.05, 4.69) is 20.2 Å². The van der Waals surface area contributed by atoms with E-state index in [1.165, 1.54) is 0 Å². The van der Waals surface area contributed by atoms with Gasteiger partial charge in [0.05, 0.1) is 6.33 Å². The van der Waals surface area contributed by atoms with Gasteiger partial charge in [0.15, 0.2) is 5.13 Å². The van der Waals surface area contributed by atoms with Crippen LogP contribution < -0.4 is 10.2 Å². The van der Waals surface area contributed by atoms with E-state index in [9.17, 15) is 4.79 Å². The molecule has 0 radical (unpaired) electrons. The van der Waals surface area contributed by atoms with Crippen molar-refractivity contribution in [2.45, 2.75) is 25.4 Å². The number of carbonyl (C=O) groups is 1. The first kappa shape index (κ1) is 15.8. The van der Waals surface area contributed by atoms with E-state index in [0.29, 0.717) is 6.54 Å². The molecule has 1 unspecified atom stereocenters. The smallest absolute Gasteiger partial charge is 0.243 e. The van der Waals surface area contributed by atoms with Crippen LogP contribution in [0.25, 0.3) is 5.69 Å². The molecule has 25 heavy (non-hydrogen) atoms. The van der Waals surface area contributed by atoms with Crippen LogP contribution in [-0.2, 0) is 11.3 Å². The van der Waals surface area contributed by atoms with Crippen molar-refractivity contribution in [2.24, 2.45) is 0 Å². The number of imidazole rings is 1. The number of nitrogens with zero attached hydrogens (tertiary/aromatic N) is 4. The molecule has 128 valence electrons. The lowest BCUT2D eigenvalue weighted by Gasteiger charge is -2.23. The first-order chi connectivity index (χ1) is 12.3. The number of carbonyl (C=O) groups excluding carboxylic acids is 1. The zero-order valence-corrected chi connectivity index (χ0v) is 14.5. The minimum Gasteiger partial charge on any atom is -0.350 e. The summed E-state index contributed by atoms with van der Waals surface area (Å²) in [6.45, 7) is 1.43. The summed E-state index contributed by atoms with van der Waals surface area (Å²) in [5.41, 5.74) is 2.13. The van der Waals surface area contributed by atoms with Crippen molar-refractivity contribution in [1.82, 2.24) is 19.9 Å². The molecule has 1 atom stereocenters. The highest BCUT2D eigenvalue weighted by atomic mass is 32.1. The van der Waals surface area contributed by atoms with Gasteiger partial charge < -0.3 is 14.8 Å². The average Bonchev–Trinajstić information content (AvgIpc) is 3.41. The van der Waals surface area contributed by atoms with Crippen molar-refractivity contribution >= 4 is 22.4 Å². The van der Waals surface area contributed by atoms with Gasteiger partial charge in [0.25, 0.3) is 0 Å². The number of anilines is 1. The SMILES string of the molecule is O=C(NCc1ccc(-n2ccnc2)cc1)C1CCCN1c1nccs1. The Morgan fingerprint density at radius 2 is 2.16 bits per heavy atom. The summed E-state index contributed by atoms with van der Waals surface area (Å²) >= 11 is 1.58. The van der Waals surface area contributed by atoms with E-state index in [1.807, 2.05) is 40.4 Å². The Labute approximate surface area is 150 Å². The van der Waals surface area contributed by atoms with Crippen molar-refractivity contribution in [3.63, 3.8) is 0 Å². The van der Waals surface area contributed by atoms with Gasteiger partial charge in [0, 0.05) is 42.7 Å². The average molecular weight is 353 g/mol. The van der Waals surface area contributed by atoms with Gasteiger partial charge >= 0.3 is 0 Å². The third-order valence-corrected chi connectivity index (χ3v) is 5.23. The predicted molar refractivity (Wildman–Crippen MR) is 97.9 cm³/mol. The molecule has 1 N–H and O–H groups in total. The third kappa shape index (κ3) is 3.41. The number of nitrogens with one attached hydrogen (secondary N) is 1. The van der Waals surface area contributed by atoms with Gasteiger partial charge in [0.2, 0.25) is 5.91 Å². The lowest BCUT2D eigenvalue weighted by molar-refractivity contribution is -0.122. The quantitative estimate of drug-likeness (QED) is 0.766. The second-order valence-electron chi connectivity index (χ2n) is 6.02. The molecule has 1 aromatic carbocycles. The molecule has 1 saturated heterocycles. The minimum atomic E-state index is -0.114. The number of thiazole rings is 1. The van der Waals surface area contributed by atoms with E-state index in [0.717, 1.165) is 35.8 Å². The summed E-state index contributed by atoms with van der Waals surface area (Å²) < 4.78 is 1.95. The Balaban J connectivity index is 1.37. The van der Waals surface area contributed by atoms with E-state index >= 15 is 0 Å². The number of aromatic nitrogens is 3. The monoisotopic (exact) mass is 353 g/mol. The topological polar surface area (TPSA) is 63.1 Å². The number of hydrogen-bond acceptors (Lipinski definition) is 5. The minimum absolute atomic E-state index is 0.0754. The highest BCUT2D eigenvalue weighted by molar-refractivity contribution is 7.13. The molecule has 2 aromatic heterocycles. The van der Waals surface area contributed by atoms with Gasteiger partial charge in [-0.1, -0.05) is 12.1 Å². The molecule has 1 aliphatic rings. The summed E-state index contributed by atoms with van der Waals surface area (Å²) in [6.07, 6.45) is 9.12. The number of rotatable bonds is 5. The molecule has 1 amide bonds. The Kier molecular flexibility index (Phi) is 4.47. The van der Waals surface area contributed by atoms with Crippen LogP contribution in [0.2, 0.25) is 0 Å². The number of benzene rings is 1. The van der Waals surface area contributed by atoms with Crippen LogP contribution >= 0.6 is 11.3 Å². The molecule has 3 aromatic rings. The normalized spacial score (nSPS) is 17.0. The van der Waals surface area contributed by atoms with Crippen molar-refractivity contribution in [3.8, 4) is 5.69 Å². The van der Waals surface area contributed by atoms with Crippen molar-refractivity contribution in [2.75, 3.05) is 11.4 Å². The van der Waals surface area contributed by atoms with E-state index in [-0.39, 0.29) is 11.9 Å². The van der Waals surface area contributed by atoms with Gasteiger partial charge in [-0.05, 0) is 30.5 Å². The zero-order valence-electron chi connectivity index (χ0n) is 13.7. The maximum atomic E-state index is 12.6. The number of hydrogen-bond donors (Lipinski definition) is 1. The largest absolute Gasteiger partial charge is 0.350 e. The summed E-state index contributed by atoms with van der Waals surface area (Å²) in [5.74, 6) is 0.0754. The molecule has 0 spiro atoms. The Bertz CT molecular complexity index is 814. The molecule has 0 aliphatic carbocycles. The standard InChI is InChI=1S/C18H19N5OS/c24-17(16-2-1-9-23(16)18-20-8-11-25-18)21-12-14-3-5-15(6-4-14)22-10-7-19-13-22/h3-8,10-11,13,16H,1-2,9,12H2,(H,21,24). The van der Waals surface area contributed by atoms with Gasteiger partial charge in [-0.2, -0.15) is 0 Å². The number of amides is 1. The molecular weight excluding hydrogens is 334 g/mol. The molecule has 4 rings (SSSR count). The fourth-order valence-corrected chi connectivity index (χ4v) is 3.85. The lowest BCUT2D eigenvalue weighted by atomic mass is 10.1. The summed E-state index contributed by atoms with van der Waals surface area (Å²) in [7, 11) is 0. The fraction of sp³-hybridized carbons (Fsp3) is 0.278. The highest BCUT2D eigenvalue weighted by Crippen LogP contribution is 2.27. The summed E-state index contributed by atoms with van der Waals surface area (Å²) in [4.78, 5) is 23.1. The zero-order chi connectivity index (χ0) is 17.1. The van der Waals surface area contributed by atoms with Crippen LogP contribution in [-0.4, -0.2) is 33.0 Å². The molecule has 7 heteroatoms. The second-order valence-corrected chi connectivity index (χ2v) is 6.89. The van der Waals surface area contributed by atoms with Crippen LogP contribution in [0.3, 0.4) is 0 Å². The highest BCUT2D eigenvalue weighted by Gasteiger charge is 2.31. The summed E-state index contributed by atoms with van der Waals surface area (Å²) in [5, 5.41) is 5.95. The second kappa shape index (κ2) is 7.06. The lowest BCUT2D eigenvalue weighted by Crippen LogP contribution is -2.43. The molecule has 6 nitrogen and oxygen atoms in total. The summed E-state index contributed by atoms with van der Waals surface area (Å²) in [6, 6.07) is 8.00. The van der Waals surface area contributed by atoms with Gasteiger partial charge in [-0.15, -0.1) is 11.3 Å². The van der Waals surface area contributed by atoms with E-state index < -0.39 is 0 Å². The van der Waals surface area contributed by atoms with E-state index in [1.54, 1.807) is 30.1 Å². The molecule has 0 saturated carbocycles. The van der Waals surface area contributed by atoms with Crippen molar-refractivity contribution < 1.29 is 4.79 Å². The van der Waals surface area contributed by atoms with E-state index in [4.69, 9.17) is 0 Å². The van der Waals surface area contributed by atoms with Crippen LogP contribution in [0.15, 0.2) is 54.6 Å². The van der Waals surface area contributed by atoms with Crippen molar-refractivity contribution in [3.05, 3.63) is 60.1 Å². The first-order valence-corrected chi connectivity index (χ1v) is 9.20. The van der Waals surface area contributed by atoms with Crippen LogP contribution in [0.1, 0.15) is 18.4 Å². The Morgan fingerprint density at radius 3 is 2.88 bits per heavy atom. The van der Waals surface area contributed by atoms with Crippen molar-refractivity contribution in [1.29, 1.82) is 0 Å². The van der Waals surface area contributed by atoms with Gasteiger partial charge in [-0.3, -0.25) is 4.79 Å². The molecular formula is C18H19N5OS. The maximum Gasteiger partial charge on any atom is 0.243 e. The van der Waals surface area contributed by atoms with Gasteiger partial charge in [0.1, 0.15) is 6.04 Å². The third-order valence-electron chi connectivity index (χ3n) is 4.43. The molecule has 3 heterocycles. The maximum absolute atomic E-state index is 12.6. The predicted octanol–water partition coefficient (Wildman–Crippen LogP) is 2.61. The Hall–Kier alpha value is -2.67. The van der Waals surface area contributed by atoms with Crippen LogP contribution in [0, 0.1) is 0 Å². The van der Waals surface area contributed by atoms with Crippen LogP contribution in [0.5, 0.6) is 0 Å². The molecule has 0 bridgehead atoms. The van der Waals surface area contributed by atoms with Crippen LogP contribution in [0.4, 0.5) is 5.13 Å². The Morgan fingerprint density at radius 1 is 1.28 bits per heavy atom. The molecule has 1 fully saturated rings. The van der Waals surface area contributed by atoms with Gasteiger partial charge in [-0.25, -0.2) is 9.97 Å². The molecule has 1 aliphatic heterocycles. The fourth-order valence-electron chi connectivity index (χ4n) is 3.13.